The van der Waals surface area contributed by atoms with Gasteiger partial charge in [0, 0.05) is 5.56 Å². The molecule has 1 rings (SSSR count). The van der Waals surface area contributed by atoms with Crippen molar-refractivity contribution in [1.82, 2.24) is 5.32 Å². The van der Waals surface area contributed by atoms with Crippen LogP contribution >= 0.6 is 0 Å². The summed E-state index contributed by atoms with van der Waals surface area (Å²) in [5.41, 5.74) is 0.826. The summed E-state index contributed by atoms with van der Waals surface area (Å²) in [5, 5.41) is 2.91. The zero-order chi connectivity index (χ0) is 13.1. The maximum absolute atomic E-state index is 11.9. The highest BCUT2D eigenvalue weighted by Crippen LogP contribution is 2.22. The average Bonchev–Trinajstić information content (AvgIpc) is 2.51. The lowest BCUT2D eigenvalue weighted by molar-refractivity contribution is -0.175. The molecule has 0 amide bonds. The Morgan fingerprint density at radius 2 is 2.06 bits per heavy atom. The van der Waals surface area contributed by atoms with Crippen molar-refractivity contribution in [2.45, 2.75) is 26.1 Å². The summed E-state index contributed by atoms with van der Waals surface area (Å²) in [6.45, 7) is 2.28. The summed E-state index contributed by atoms with van der Waals surface area (Å²) in [6.07, 6.45) is -4.29. The molecule has 3 nitrogen and oxygen atoms in total. The van der Waals surface area contributed by atoms with E-state index < -0.39 is 12.8 Å². The molecule has 0 aromatic carbocycles. The molecule has 1 heterocycles. The first-order chi connectivity index (χ1) is 7.83. The first-order valence-corrected chi connectivity index (χ1v) is 5.22. The predicted octanol–water partition coefficient (Wildman–Crippen LogP) is 2.74. The van der Waals surface area contributed by atoms with Crippen molar-refractivity contribution in [2.24, 2.45) is 0 Å². The van der Waals surface area contributed by atoms with Gasteiger partial charge in [0.15, 0.2) is 0 Å². The maximum Gasteiger partial charge on any atom is 0.411 e. The summed E-state index contributed by atoms with van der Waals surface area (Å²) in [4.78, 5) is 0. The Morgan fingerprint density at radius 3 is 2.47 bits per heavy atom. The molecular weight excluding hydrogens is 235 g/mol. The molecule has 0 radical (unpaired) electrons. The van der Waals surface area contributed by atoms with Crippen LogP contribution in [0.25, 0.3) is 0 Å². The van der Waals surface area contributed by atoms with E-state index in [1.807, 2.05) is 0 Å². The molecule has 1 atom stereocenters. The van der Waals surface area contributed by atoms with Crippen LogP contribution in [0, 0.1) is 13.8 Å². The molecule has 1 aromatic heterocycles. The van der Waals surface area contributed by atoms with Crippen molar-refractivity contribution in [1.29, 1.82) is 0 Å². The van der Waals surface area contributed by atoms with Crippen molar-refractivity contribution in [3.8, 4) is 0 Å². The lowest BCUT2D eigenvalue weighted by Gasteiger charge is -2.16. The normalized spacial score (nSPS) is 14.0. The molecule has 98 valence electrons. The number of halogens is 3. The largest absolute Gasteiger partial charge is 0.466 e. The van der Waals surface area contributed by atoms with Crippen molar-refractivity contribution in [2.75, 3.05) is 20.3 Å². The second-order valence-corrected chi connectivity index (χ2v) is 3.84. The Morgan fingerprint density at radius 1 is 1.41 bits per heavy atom. The zero-order valence-corrected chi connectivity index (χ0v) is 10.0. The van der Waals surface area contributed by atoms with E-state index in [4.69, 9.17) is 4.42 Å². The SMILES string of the molecule is CNC(COCC(F)(F)F)c1cc(C)oc1C. The van der Waals surface area contributed by atoms with Crippen molar-refractivity contribution >= 4 is 0 Å². The van der Waals surface area contributed by atoms with Gasteiger partial charge in [-0.05, 0) is 27.0 Å². The van der Waals surface area contributed by atoms with Crippen molar-refractivity contribution < 1.29 is 22.3 Å². The fourth-order valence-corrected chi connectivity index (χ4v) is 1.62. The lowest BCUT2D eigenvalue weighted by Crippen LogP contribution is -2.25. The molecule has 0 spiro atoms. The Hall–Kier alpha value is -1.01. The van der Waals surface area contributed by atoms with E-state index in [1.54, 1.807) is 27.0 Å². The topological polar surface area (TPSA) is 34.4 Å². The van der Waals surface area contributed by atoms with Gasteiger partial charge in [-0.25, -0.2) is 0 Å². The predicted molar refractivity (Wildman–Crippen MR) is 56.9 cm³/mol. The molecule has 0 aliphatic carbocycles. The summed E-state index contributed by atoms with van der Waals surface area (Å²) >= 11 is 0. The molecule has 1 aromatic rings. The van der Waals surface area contributed by atoms with Gasteiger partial charge in [-0.1, -0.05) is 0 Å². The zero-order valence-electron chi connectivity index (χ0n) is 10.0. The Kier molecular flexibility index (Phi) is 4.59. The quantitative estimate of drug-likeness (QED) is 0.873. The van der Waals surface area contributed by atoms with Crippen LogP contribution in [-0.2, 0) is 4.74 Å². The lowest BCUT2D eigenvalue weighted by atomic mass is 10.1. The van der Waals surface area contributed by atoms with Gasteiger partial charge in [0.05, 0.1) is 12.6 Å². The van der Waals surface area contributed by atoms with E-state index in [2.05, 4.69) is 10.1 Å². The number of nitrogens with one attached hydrogen (secondary N) is 1. The van der Waals surface area contributed by atoms with E-state index in [9.17, 15) is 13.2 Å². The van der Waals surface area contributed by atoms with Gasteiger partial charge in [-0.15, -0.1) is 0 Å². The summed E-state index contributed by atoms with van der Waals surface area (Å²) in [5.74, 6) is 1.42. The number of ether oxygens (including phenoxy) is 1. The van der Waals surface area contributed by atoms with Crippen LogP contribution in [0.3, 0.4) is 0 Å². The van der Waals surface area contributed by atoms with Crippen molar-refractivity contribution in [3.63, 3.8) is 0 Å². The highest BCUT2D eigenvalue weighted by Gasteiger charge is 2.28. The summed E-state index contributed by atoms with van der Waals surface area (Å²) < 4.78 is 45.8. The van der Waals surface area contributed by atoms with Gasteiger partial charge in [-0.3, -0.25) is 0 Å². The van der Waals surface area contributed by atoms with Crippen LogP contribution < -0.4 is 5.32 Å². The molecule has 1 unspecified atom stereocenters. The minimum absolute atomic E-state index is 0.0458. The number of furan rings is 1. The minimum Gasteiger partial charge on any atom is -0.466 e. The third kappa shape index (κ3) is 4.40. The Labute approximate surface area is 97.9 Å². The minimum atomic E-state index is -4.29. The number of alkyl halides is 3. The van der Waals surface area contributed by atoms with Crippen LogP contribution in [0.5, 0.6) is 0 Å². The van der Waals surface area contributed by atoms with E-state index >= 15 is 0 Å². The first kappa shape index (κ1) is 14.1. The number of hydrogen-bond donors (Lipinski definition) is 1. The maximum atomic E-state index is 11.9. The molecule has 0 fully saturated rings. The first-order valence-electron chi connectivity index (χ1n) is 5.22. The highest BCUT2D eigenvalue weighted by molar-refractivity contribution is 5.24. The van der Waals surface area contributed by atoms with E-state index in [-0.39, 0.29) is 12.6 Å². The molecule has 0 bridgehead atoms. The average molecular weight is 251 g/mol. The fourth-order valence-electron chi connectivity index (χ4n) is 1.62. The third-order valence-electron chi connectivity index (χ3n) is 2.35. The molecule has 6 heteroatoms. The van der Waals surface area contributed by atoms with Crippen LogP contribution in [-0.4, -0.2) is 26.4 Å². The van der Waals surface area contributed by atoms with Gasteiger partial charge in [-0.2, -0.15) is 13.2 Å². The van der Waals surface area contributed by atoms with Gasteiger partial charge >= 0.3 is 6.18 Å². The molecule has 0 aliphatic rings. The molecule has 1 N–H and O–H groups in total. The Balaban J connectivity index is 2.57. The van der Waals surface area contributed by atoms with Gasteiger partial charge in [0.2, 0.25) is 0 Å². The third-order valence-corrected chi connectivity index (χ3v) is 2.35. The molecule has 17 heavy (non-hydrogen) atoms. The van der Waals surface area contributed by atoms with Gasteiger partial charge < -0.3 is 14.5 Å². The van der Waals surface area contributed by atoms with Crippen LogP contribution in [0.4, 0.5) is 13.2 Å². The summed E-state index contributed by atoms with van der Waals surface area (Å²) in [6, 6.07) is 1.50. The highest BCUT2D eigenvalue weighted by atomic mass is 19.4. The van der Waals surface area contributed by atoms with E-state index in [0.29, 0.717) is 5.76 Å². The molecule has 0 saturated heterocycles. The Bertz CT molecular complexity index is 360. The molecule has 0 saturated carbocycles. The number of hydrogen-bond acceptors (Lipinski definition) is 3. The second-order valence-electron chi connectivity index (χ2n) is 3.84. The second kappa shape index (κ2) is 5.55. The molecular formula is C11H16F3NO2. The number of rotatable bonds is 5. The van der Waals surface area contributed by atoms with E-state index in [1.165, 1.54) is 0 Å². The van der Waals surface area contributed by atoms with Crippen LogP contribution in [0.1, 0.15) is 23.1 Å². The number of aryl methyl sites for hydroxylation is 2. The standard InChI is InChI=1S/C11H16F3NO2/c1-7-4-9(8(2)17-7)10(15-3)5-16-6-11(12,13)14/h4,10,15H,5-6H2,1-3H3. The fraction of sp³-hybridized carbons (Fsp3) is 0.636. The molecule has 0 aliphatic heterocycles. The monoisotopic (exact) mass is 251 g/mol. The van der Waals surface area contributed by atoms with Gasteiger partial charge in [0.25, 0.3) is 0 Å². The van der Waals surface area contributed by atoms with Crippen LogP contribution in [0.15, 0.2) is 10.5 Å². The summed E-state index contributed by atoms with van der Waals surface area (Å²) in [7, 11) is 1.67. The van der Waals surface area contributed by atoms with E-state index in [0.717, 1.165) is 11.3 Å². The smallest absolute Gasteiger partial charge is 0.411 e. The van der Waals surface area contributed by atoms with Crippen molar-refractivity contribution in [3.05, 3.63) is 23.2 Å². The van der Waals surface area contributed by atoms with Crippen LogP contribution in [0.2, 0.25) is 0 Å². The van der Waals surface area contributed by atoms with Gasteiger partial charge in [0.1, 0.15) is 18.1 Å². The number of likely N-dealkylation sites (N-methyl/N-ethyl adjacent to an activating group) is 1.